The van der Waals surface area contributed by atoms with E-state index in [-0.39, 0.29) is 23.8 Å². The number of esters is 3. The van der Waals surface area contributed by atoms with Gasteiger partial charge < -0.3 is 18.9 Å². The lowest BCUT2D eigenvalue weighted by molar-refractivity contribution is -0.145. The van der Waals surface area contributed by atoms with Crippen molar-refractivity contribution < 1.29 is 33.3 Å². The van der Waals surface area contributed by atoms with E-state index >= 15 is 0 Å². The van der Waals surface area contributed by atoms with Crippen LogP contribution in [0.25, 0.3) is 10.2 Å². The number of aryl methyl sites for hydroxylation is 1. The van der Waals surface area contributed by atoms with Crippen molar-refractivity contribution in [2.45, 2.75) is 58.3 Å². The number of anilines is 1. The number of unbranched alkanes of at least 4 members (excludes halogenated alkanes) is 3. The largest absolute Gasteiger partial charge is 0.494 e. The minimum Gasteiger partial charge on any atom is -0.494 e. The van der Waals surface area contributed by atoms with Crippen molar-refractivity contribution >= 4 is 50.8 Å². The number of hydrogen-bond acceptors (Lipinski definition) is 11. The summed E-state index contributed by atoms with van der Waals surface area (Å²) in [7, 11) is 1.84. The van der Waals surface area contributed by atoms with Gasteiger partial charge in [-0.1, -0.05) is 41.7 Å². The Morgan fingerprint density at radius 1 is 0.880 bits per heavy atom. The normalized spacial score (nSPS) is 15.8. The first kappa shape index (κ1) is 36.3. The summed E-state index contributed by atoms with van der Waals surface area (Å²) in [5.41, 5.74) is 2.63. The van der Waals surface area contributed by atoms with Crippen molar-refractivity contribution in [1.82, 2.24) is 4.98 Å². The lowest BCUT2D eigenvalue weighted by Gasteiger charge is -2.26. The van der Waals surface area contributed by atoms with Crippen molar-refractivity contribution in [2.75, 3.05) is 25.3 Å². The molecule has 0 N–H and O–H groups in total. The van der Waals surface area contributed by atoms with Crippen LogP contribution in [0.5, 0.6) is 17.2 Å². The topological polar surface area (TPSA) is 117 Å². The zero-order valence-electron chi connectivity index (χ0n) is 28.5. The highest BCUT2D eigenvalue weighted by Gasteiger charge is 2.32. The molecular weight excluding hydrogens is 655 g/mol. The van der Waals surface area contributed by atoms with Crippen LogP contribution in [0.1, 0.15) is 62.5 Å². The number of aromatic nitrogens is 1. The van der Waals surface area contributed by atoms with Crippen molar-refractivity contribution in [3.8, 4) is 17.2 Å². The molecule has 1 heterocycles. The number of carbonyl (C=O) groups excluding carboxylic acids is 3. The second-order valence-electron chi connectivity index (χ2n) is 12.3. The first-order chi connectivity index (χ1) is 24.3. The maximum atomic E-state index is 13.2. The average molecular weight is 698 g/mol. The van der Waals surface area contributed by atoms with Gasteiger partial charge in [-0.3, -0.25) is 9.59 Å². The number of fused-ring (bicyclic) bond motifs is 1. The fourth-order valence-electron chi connectivity index (χ4n) is 5.60. The van der Waals surface area contributed by atoms with Crippen LogP contribution in [0.15, 0.2) is 84.5 Å². The third-order valence-electron chi connectivity index (χ3n) is 8.46. The van der Waals surface area contributed by atoms with Gasteiger partial charge in [0, 0.05) is 18.7 Å². The van der Waals surface area contributed by atoms with Gasteiger partial charge >= 0.3 is 17.9 Å². The SMILES string of the molecule is C=CC(=O)OCCCCCCOc1ccc(OC(=O)C2CCC(C(=O)Oc3ccc(C)cc3/C=N/N(C)c3nc4ccccc4s3)CC2)cc1. The van der Waals surface area contributed by atoms with Crippen LogP contribution in [-0.4, -0.2) is 49.4 Å². The molecule has 262 valence electrons. The van der Waals surface area contributed by atoms with Crippen molar-refractivity contribution in [2.24, 2.45) is 16.9 Å². The number of para-hydroxylation sites is 1. The van der Waals surface area contributed by atoms with Gasteiger partial charge in [0.1, 0.15) is 17.2 Å². The summed E-state index contributed by atoms with van der Waals surface area (Å²) in [6.45, 7) is 6.32. The number of benzene rings is 3. The molecule has 5 rings (SSSR count). The van der Waals surface area contributed by atoms with E-state index in [1.165, 1.54) is 0 Å². The molecule has 1 aliphatic carbocycles. The van der Waals surface area contributed by atoms with E-state index in [1.807, 2.05) is 50.4 Å². The van der Waals surface area contributed by atoms with Crippen molar-refractivity contribution in [3.05, 3.63) is 90.5 Å². The monoisotopic (exact) mass is 697 g/mol. The molecule has 1 aromatic heterocycles. The molecule has 0 spiro atoms. The third kappa shape index (κ3) is 10.5. The van der Waals surface area contributed by atoms with Crippen LogP contribution < -0.4 is 19.2 Å². The number of ether oxygens (including phenoxy) is 4. The lowest BCUT2D eigenvalue weighted by atomic mass is 9.82. The summed E-state index contributed by atoms with van der Waals surface area (Å²) in [6.07, 6.45) is 8.63. The van der Waals surface area contributed by atoms with E-state index in [1.54, 1.807) is 52.9 Å². The van der Waals surface area contributed by atoms with Gasteiger partial charge in [0.25, 0.3) is 0 Å². The fraction of sp³-hybridized carbons (Fsp3) is 0.359. The molecule has 11 heteroatoms. The van der Waals surface area contributed by atoms with Crippen LogP contribution >= 0.6 is 11.3 Å². The molecular formula is C39H43N3O7S. The Kier molecular flexibility index (Phi) is 13.1. The van der Waals surface area contributed by atoms with Crippen molar-refractivity contribution in [1.29, 1.82) is 0 Å². The van der Waals surface area contributed by atoms with E-state index in [9.17, 15) is 14.4 Å². The average Bonchev–Trinajstić information content (AvgIpc) is 3.58. The first-order valence-corrected chi connectivity index (χ1v) is 17.8. The number of hydrogen-bond donors (Lipinski definition) is 0. The lowest BCUT2D eigenvalue weighted by Crippen LogP contribution is -2.30. The molecule has 50 heavy (non-hydrogen) atoms. The summed E-state index contributed by atoms with van der Waals surface area (Å²) in [5, 5.41) is 7.05. The van der Waals surface area contributed by atoms with Gasteiger partial charge in [-0.25, -0.2) is 14.8 Å². The van der Waals surface area contributed by atoms with E-state index in [2.05, 4.69) is 16.7 Å². The van der Waals surface area contributed by atoms with E-state index < -0.39 is 5.97 Å². The zero-order chi connectivity index (χ0) is 35.3. The molecule has 0 radical (unpaired) electrons. The molecule has 0 unspecified atom stereocenters. The molecule has 0 amide bonds. The standard InChI is InChI=1S/C39H43N3O7S/c1-4-36(43)47-24-10-6-5-9-23-46-31-18-20-32(21-19-31)48-37(44)28-14-16-29(17-15-28)38(45)49-34-22-13-27(2)25-30(34)26-40-42(3)39-41-33-11-7-8-12-35(33)50-39/h4,7-8,11-13,18-22,25-26,28-29H,1,5-6,9-10,14-17,23-24H2,2-3H3/b40-26+. The number of hydrazone groups is 1. The number of nitrogens with zero attached hydrogens (tertiary/aromatic N) is 3. The Morgan fingerprint density at radius 2 is 1.54 bits per heavy atom. The summed E-state index contributed by atoms with van der Waals surface area (Å²) < 4.78 is 23.4. The quantitative estimate of drug-likeness (QED) is 0.0286. The van der Waals surface area contributed by atoms with Crippen LogP contribution in [0.2, 0.25) is 0 Å². The van der Waals surface area contributed by atoms with Gasteiger partial charge in [0.05, 0.1) is 41.5 Å². The zero-order valence-corrected chi connectivity index (χ0v) is 29.4. The molecule has 1 fully saturated rings. The summed E-state index contributed by atoms with van der Waals surface area (Å²) in [5.74, 6) is 0.0243. The van der Waals surface area contributed by atoms with Gasteiger partial charge in [-0.2, -0.15) is 5.10 Å². The Bertz CT molecular complexity index is 1760. The minimum atomic E-state index is -0.394. The van der Waals surface area contributed by atoms with Crippen LogP contribution in [0.4, 0.5) is 5.13 Å². The maximum absolute atomic E-state index is 13.2. The van der Waals surface area contributed by atoms with Crippen molar-refractivity contribution in [3.63, 3.8) is 0 Å². The highest BCUT2D eigenvalue weighted by molar-refractivity contribution is 7.22. The third-order valence-corrected chi connectivity index (χ3v) is 9.56. The maximum Gasteiger partial charge on any atom is 0.330 e. The van der Waals surface area contributed by atoms with Crippen LogP contribution in [-0.2, 0) is 19.1 Å². The van der Waals surface area contributed by atoms with E-state index in [4.69, 9.17) is 18.9 Å². The summed E-state index contributed by atoms with van der Waals surface area (Å²) >= 11 is 1.55. The Labute approximate surface area is 296 Å². The van der Waals surface area contributed by atoms with Crippen LogP contribution in [0.3, 0.4) is 0 Å². The molecule has 3 aromatic carbocycles. The molecule has 1 saturated carbocycles. The molecule has 10 nitrogen and oxygen atoms in total. The number of rotatable bonds is 16. The number of carbonyl (C=O) groups is 3. The Balaban J connectivity index is 1.04. The molecule has 0 aliphatic heterocycles. The van der Waals surface area contributed by atoms with E-state index in [0.717, 1.165) is 52.7 Å². The van der Waals surface area contributed by atoms with Gasteiger partial charge in [-0.15, -0.1) is 0 Å². The first-order valence-electron chi connectivity index (χ1n) is 17.0. The van der Waals surface area contributed by atoms with Crippen LogP contribution in [0, 0.1) is 18.8 Å². The highest BCUT2D eigenvalue weighted by Crippen LogP contribution is 2.33. The number of thiazole rings is 1. The molecule has 4 aromatic rings. The fourth-order valence-corrected chi connectivity index (χ4v) is 6.48. The molecule has 0 atom stereocenters. The molecule has 1 aliphatic rings. The molecule has 0 saturated heterocycles. The molecule has 0 bridgehead atoms. The minimum absolute atomic E-state index is 0.282. The second kappa shape index (κ2) is 18.1. The summed E-state index contributed by atoms with van der Waals surface area (Å²) in [4.78, 5) is 41.8. The predicted octanol–water partition coefficient (Wildman–Crippen LogP) is 8.06. The second-order valence-corrected chi connectivity index (χ2v) is 13.3. The van der Waals surface area contributed by atoms with Gasteiger partial charge in [-0.05, 0) is 107 Å². The van der Waals surface area contributed by atoms with Gasteiger partial charge in [0.15, 0.2) is 0 Å². The Hall–Kier alpha value is -5.03. The smallest absolute Gasteiger partial charge is 0.330 e. The Morgan fingerprint density at radius 3 is 2.24 bits per heavy atom. The highest BCUT2D eigenvalue weighted by atomic mass is 32.1. The summed E-state index contributed by atoms with van der Waals surface area (Å²) in [6, 6.07) is 20.6. The predicted molar refractivity (Wildman–Crippen MR) is 195 cm³/mol. The van der Waals surface area contributed by atoms with E-state index in [0.29, 0.717) is 61.7 Å². The van der Waals surface area contributed by atoms with Gasteiger partial charge in [0.2, 0.25) is 5.13 Å².